The van der Waals surface area contributed by atoms with Crippen LogP contribution >= 0.6 is 0 Å². The van der Waals surface area contributed by atoms with Gasteiger partial charge in [-0.25, -0.2) is 8.42 Å². The molecule has 1 heterocycles. The van der Waals surface area contributed by atoms with E-state index in [1.54, 1.807) is 48.4 Å². The molecule has 1 aliphatic rings. The standard InChI is InChI=1S/C23H22N2O4S/c1-29-21-11-9-20(10-12-21)24-30(27,28)22-8-4-7-18(15-22)23(26)25-14-13-17-5-2-3-6-19(17)16-25/h2-12,15,24H,13-14,16H2,1H3. The van der Waals surface area contributed by atoms with E-state index in [1.807, 2.05) is 18.2 Å². The first-order valence-electron chi connectivity index (χ1n) is 9.59. The molecular weight excluding hydrogens is 400 g/mol. The number of fused-ring (bicyclic) bond motifs is 1. The predicted molar refractivity (Wildman–Crippen MR) is 115 cm³/mol. The van der Waals surface area contributed by atoms with Crippen LogP contribution in [-0.4, -0.2) is 32.9 Å². The number of sulfonamides is 1. The first-order chi connectivity index (χ1) is 14.5. The summed E-state index contributed by atoms with van der Waals surface area (Å²) < 4.78 is 33.2. The minimum Gasteiger partial charge on any atom is -0.497 e. The first-order valence-corrected chi connectivity index (χ1v) is 11.1. The van der Waals surface area contributed by atoms with Crippen molar-refractivity contribution >= 4 is 21.6 Å². The highest BCUT2D eigenvalue weighted by Gasteiger charge is 2.23. The highest BCUT2D eigenvalue weighted by atomic mass is 32.2. The summed E-state index contributed by atoms with van der Waals surface area (Å²) in [5.41, 5.74) is 3.15. The van der Waals surface area contributed by atoms with Gasteiger partial charge >= 0.3 is 0 Å². The lowest BCUT2D eigenvalue weighted by molar-refractivity contribution is 0.0734. The number of amides is 1. The normalized spacial score (nSPS) is 13.4. The summed E-state index contributed by atoms with van der Waals surface area (Å²) in [6.07, 6.45) is 0.791. The maximum absolute atomic E-state index is 13.0. The minimum absolute atomic E-state index is 0.0431. The second kappa shape index (κ2) is 8.20. The summed E-state index contributed by atoms with van der Waals surface area (Å²) in [7, 11) is -2.29. The van der Waals surface area contributed by atoms with E-state index in [0.717, 1.165) is 12.0 Å². The van der Waals surface area contributed by atoms with Crippen molar-refractivity contribution in [3.05, 3.63) is 89.5 Å². The third-order valence-corrected chi connectivity index (χ3v) is 6.53. The number of nitrogens with zero attached hydrogens (tertiary/aromatic N) is 1. The quantitative estimate of drug-likeness (QED) is 0.680. The lowest BCUT2D eigenvalue weighted by Gasteiger charge is -2.29. The lowest BCUT2D eigenvalue weighted by Crippen LogP contribution is -2.36. The molecule has 1 aliphatic heterocycles. The Balaban J connectivity index is 1.53. The molecular formula is C23H22N2O4S. The molecule has 0 atom stereocenters. The average Bonchev–Trinajstić information content (AvgIpc) is 2.78. The zero-order valence-corrected chi connectivity index (χ0v) is 17.4. The number of carbonyl (C=O) groups excluding carboxylic acids is 1. The molecule has 0 radical (unpaired) electrons. The molecule has 0 aliphatic carbocycles. The van der Waals surface area contributed by atoms with Crippen molar-refractivity contribution in [1.29, 1.82) is 0 Å². The summed E-state index contributed by atoms with van der Waals surface area (Å²) in [6.45, 7) is 1.13. The lowest BCUT2D eigenvalue weighted by atomic mass is 9.99. The van der Waals surface area contributed by atoms with Gasteiger partial charge in [0.1, 0.15) is 5.75 Å². The van der Waals surface area contributed by atoms with Gasteiger partial charge in [0.05, 0.1) is 12.0 Å². The highest BCUT2D eigenvalue weighted by Crippen LogP contribution is 2.23. The summed E-state index contributed by atoms with van der Waals surface area (Å²) >= 11 is 0. The number of ether oxygens (including phenoxy) is 1. The van der Waals surface area contributed by atoms with Gasteiger partial charge in [-0.05, 0) is 60.0 Å². The second-order valence-corrected chi connectivity index (χ2v) is 8.79. The van der Waals surface area contributed by atoms with E-state index in [-0.39, 0.29) is 10.8 Å². The van der Waals surface area contributed by atoms with Crippen molar-refractivity contribution in [2.45, 2.75) is 17.9 Å². The van der Waals surface area contributed by atoms with Crippen LogP contribution in [-0.2, 0) is 23.0 Å². The van der Waals surface area contributed by atoms with Gasteiger partial charge in [-0.1, -0.05) is 30.3 Å². The van der Waals surface area contributed by atoms with Gasteiger partial charge in [0.2, 0.25) is 0 Å². The molecule has 0 spiro atoms. The van der Waals surface area contributed by atoms with Crippen LogP contribution in [0.2, 0.25) is 0 Å². The predicted octanol–water partition coefficient (Wildman–Crippen LogP) is 3.69. The molecule has 0 saturated carbocycles. The molecule has 1 N–H and O–H groups in total. The van der Waals surface area contributed by atoms with Crippen LogP contribution in [0.3, 0.4) is 0 Å². The molecule has 4 rings (SSSR count). The molecule has 3 aromatic carbocycles. The summed E-state index contributed by atoms with van der Waals surface area (Å²) in [5, 5.41) is 0. The van der Waals surface area contributed by atoms with Crippen LogP contribution in [0.1, 0.15) is 21.5 Å². The third kappa shape index (κ3) is 4.16. The van der Waals surface area contributed by atoms with Crippen LogP contribution < -0.4 is 9.46 Å². The molecule has 30 heavy (non-hydrogen) atoms. The smallest absolute Gasteiger partial charge is 0.261 e. The van der Waals surface area contributed by atoms with Crippen LogP contribution in [0.4, 0.5) is 5.69 Å². The fraction of sp³-hybridized carbons (Fsp3) is 0.174. The van der Waals surface area contributed by atoms with Crippen molar-refractivity contribution in [2.24, 2.45) is 0 Å². The third-order valence-electron chi connectivity index (χ3n) is 5.15. The molecule has 0 saturated heterocycles. The maximum Gasteiger partial charge on any atom is 0.261 e. The highest BCUT2D eigenvalue weighted by molar-refractivity contribution is 7.92. The summed E-state index contributed by atoms with van der Waals surface area (Å²) in [6, 6.07) is 20.8. The van der Waals surface area contributed by atoms with Crippen LogP contribution in [0.5, 0.6) is 5.75 Å². The van der Waals surface area contributed by atoms with E-state index < -0.39 is 10.0 Å². The van der Waals surface area contributed by atoms with E-state index in [2.05, 4.69) is 10.8 Å². The summed E-state index contributed by atoms with van der Waals surface area (Å²) in [5.74, 6) is 0.458. The van der Waals surface area contributed by atoms with E-state index in [0.29, 0.717) is 30.1 Å². The topological polar surface area (TPSA) is 75.7 Å². The number of benzene rings is 3. The number of carbonyl (C=O) groups is 1. The fourth-order valence-corrected chi connectivity index (χ4v) is 4.63. The Kier molecular flexibility index (Phi) is 5.46. The van der Waals surface area contributed by atoms with Crippen molar-refractivity contribution < 1.29 is 17.9 Å². The van der Waals surface area contributed by atoms with Crippen molar-refractivity contribution in [1.82, 2.24) is 4.90 Å². The zero-order valence-electron chi connectivity index (χ0n) is 16.5. The first kappa shape index (κ1) is 20.0. The zero-order chi connectivity index (χ0) is 21.1. The van der Waals surface area contributed by atoms with Crippen molar-refractivity contribution in [3.63, 3.8) is 0 Å². The Labute approximate surface area is 176 Å². The van der Waals surface area contributed by atoms with Crippen LogP contribution in [0.15, 0.2) is 77.7 Å². The van der Waals surface area contributed by atoms with Gasteiger partial charge in [-0.3, -0.25) is 9.52 Å². The maximum atomic E-state index is 13.0. The molecule has 0 unspecified atom stereocenters. The van der Waals surface area contributed by atoms with Crippen molar-refractivity contribution in [2.75, 3.05) is 18.4 Å². The molecule has 7 heteroatoms. The Bertz CT molecular complexity index is 1170. The molecule has 0 fully saturated rings. The molecule has 6 nitrogen and oxygen atoms in total. The number of nitrogens with one attached hydrogen (secondary N) is 1. The van der Waals surface area contributed by atoms with E-state index in [4.69, 9.17) is 4.74 Å². The number of rotatable bonds is 5. The van der Waals surface area contributed by atoms with Crippen molar-refractivity contribution in [3.8, 4) is 5.75 Å². The van der Waals surface area contributed by atoms with Gasteiger partial charge in [0.25, 0.3) is 15.9 Å². The molecule has 154 valence electrons. The number of methoxy groups -OCH3 is 1. The van der Waals surface area contributed by atoms with Gasteiger partial charge < -0.3 is 9.64 Å². The van der Waals surface area contributed by atoms with E-state index in [9.17, 15) is 13.2 Å². The van der Waals surface area contributed by atoms with E-state index >= 15 is 0 Å². The Morgan fingerprint density at radius 3 is 2.43 bits per heavy atom. The van der Waals surface area contributed by atoms with Gasteiger partial charge in [-0.2, -0.15) is 0 Å². The molecule has 0 aromatic heterocycles. The SMILES string of the molecule is COc1ccc(NS(=O)(=O)c2cccc(C(=O)N3CCc4ccccc4C3)c2)cc1. The van der Waals surface area contributed by atoms with Crippen LogP contribution in [0, 0.1) is 0 Å². The fourth-order valence-electron chi connectivity index (χ4n) is 3.52. The molecule has 0 bridgehead atoms. The van der Waals surface area contributed by atoms with Gasteiger partial charge in [0, 0.05) is 24.3 Å². The molecule has 3 aromatic rings. The number of hydrogen-bond donors (Lipinski definition) is 1. The van der Waals surface area contributed by atoms with E-state index in [1.165, 1.54) is 17.7 Å². The largest absolute Gasteiger partial charge is 0.497 e. The second-order valence-electron chi connectivity index (χ2n) is 7.11. The van der Waals surface area contributed by atoms with Crippen LogP contribution in [0.25, 0.3) is 0 Å². The number of hydrogen-bond acceptors (Lipinski definition) is 4. The Morgan fingerprint density at radius 2 is 1.70 bits per heavy atom. The minimum atomic E-state index is -3.83. The monoisotopic (exact) mass is 422 g/mol. The Hall–Kier alpha value is -3.32. The summed E-state index contributed by atoms with van der Waals surface area (Å²) in [4.78, 5) is 14.8. The van der Waals surface area contributed by atoms with Gasteiger partial charge in [-0.15, -0.1) is 0 Å². The van der Waals surface area contributed by atoms with Gasteiger partial charge in [0.15, 0.2) is 0 Å². The average molecular weight is 423 g/mol. The number of anilines is 1. The Morgan fingerprint density at radius 1 is 0.967 bits per heavy atom. The molecule has 1 amide bonds.